The van der Waals surface area contributed by atoms with Crippen LogP contribution in [-0.2, 0) is 0 Å². The van der Waals surface area contributed by atoms with E-state index in [9.17, 15) is 0 Å². The van der Waals surface area contributed by atoms with Crippen LogP contribution in [0.15, 0.2) is 40.9 Å². The number of nitrogens with one attached hydrogen (secondary N) is 1. The zero-order chi connectivity index (χ0) is 12.3. The van der Waals surface area contributed by atoms with Crippen LogP contribution in [0, 0.1) is 17.3 Å². The van der Waals surface area contributed by atoms with Crippen molar-refractivity contribution in [2.24, 2.45) is 17.3 Å². The average molecular weight is 257 g/mol. The van der Waals surface area contributed by atoms with Crippen LogP contribution in [-0.4, -0.2) is 0 Å². The fourth-order valence-electron chi connectivity index (χ4n) is 3.92. The molecule has 18 heavy (non-hydrogen) atoms. The molecule has 1 nitrogen and oxygen atoms in total. The van der Waals surface area contributed by atoms with Gasteiger partial charge in [-0.15, -0.1) is 11.3 Å². The molecule has 3 atom stereocenters. The zero-order valence-electron chi connectivity index (χ0n) is 10.9. The summed E-state index contributed by atoms with van der Waals surface area (Å²) in [4.78, 5) is 1.43. The maximum atomic E-state index is 3.59. The monoisotopic (exact) mass is 257 g/mol. The molecule has 1 N–H and O–H groups in total. The summed E-state index contributed by atoms with van der Waals surface area (Å²) in [6.07, 6.45) is 7.47. The normalized spacial score (nSPS) is 35.8. The summed E-state index contributed by atoms with van der Waals surface area (Å²) < 4.78 is 0. The van der Waals surface area contributed by atoms with E-state index in [4.69, 9.17) is 0 Å². The summed E-state index contributed by atoms with van der Waals surface area (Å²) in [5.74, 6) is 1.70. The third-order valence-electron chi connectivity index (χ3n) is 5.32. The van der Waals surface area contributed by atoms with Crippen molar-refractivity contribution in [2.45, 2.75) is 32.7 Å². The van der Waals surface area contributed by atoms with Gasteiger partial charge in [-0.25, -0.2) is 0 Å². The third kappa shape index (κ3) is 1.33. The second-order valence-electron chi connectivity index (χ2n) is 6.46. The van der Waals surface area contributed by atoms with Crippen molar-refractivity contribution in [1.29, 1.82) is 0 Å². The largest absolute Gasteiger partial charge is 0.380 e. The van der Waals surface area contributed by atoms with Crippen molar-refractivity contribution in [1.82, 2.24) is 5.32 Å². The molecule has 4 aliphatic rings. The lowest BCUT2D eigenvalue weighted by Crippen LogP contribution is -2.50. The van der Waals surface area contributed by atoms with Crippen molar-refractivity contribution < 1.29 is 0 Å². The summed E-state index contributed by atoms with van der Waals surface area (Å²) in [5, 5.41) is 5.75. The Morgan fingerprint density at radius 1 is 1.39 bits per heavy atom. The molecule has 1 aromatic heterocycles. The van der Waals surface area contributed by atoms with Gasteiger partial charge in [-0.3, -0.25) is 0 Å². The van der Waals surface area contributed by atoms with Gasteiger partial charge in [-0.2, -0.15) is 0 Å². The number of hydrogen-bond acceptors (Lipinski definition) is 2. The zero-order valence-corrected chi connectivity index (χ0v) is 11.8. The Kier molecular flexibility index (Phi) is 2.12. The Bertz CT molecular complexity index is 535. The van der Waals surface area contributed by atoms with E-state index in [0.717, 1.165) is 11.8 Å². The van der Waals surface area contributed by atoms with Crippen molar-refractivity contribution in [2.75, 3.05) is 0 Å². The fraction of sp³-hybridized carbons (Fsp3) is 0.500. The van der Waals surface area contributed by atoms with E-state index in [1.807, 2.05) is 11.3 Å². The summed E-state index contributed by atoms with van der Waals surface area (Å²) in [6, 6.07) is 4.77. The molecule has 2 heteroatoms. The molecule has 3 unspecified atom stereocenters. The van der Waals surface area contributed by atoms with Gasteiger partial charge >= 0.3 is 0 Å². The number of allylic oxidation sites excluding steroid dienone is 2. The first-order valence-corrected chi connectivity index (χ1v) is 7.75. The SMILES string of the molecule is CC1(C)C2CC3=CC(c4cccs4)NC=C3C1C2. The molecule has 3 saturated carbocycles. The Hall–Kier alpha value is -1.02. The maximum absolute atomic E-state index is 3.59. The first-order chi connectivity index (χ1) is 8.66. The molecule has 94 valence electrons. The van der Waals surface area contributed by atoms with Crippen LogP contribution in [0.2, 0.25) is 0 Å². The fourth-order valence-corrected chi connectivity index (χ4v) is 4.67. The minimum atomic E-state index is 0.407. The number of rotatable bonds is 1. The predicted molar refractivity (Wildman–Crippen MR) is 76.4 cm³/mol. The van der Waals surface area contributed by atoms with Crippen molar-refractivity contribution in [3.8, 4) is 0 Å². The van der Waals surface area contributed by atoms with E-state index >= 15 is 0 Å². The Balaban J connectivity index is 1.66. The highest BCUT2D eigenvalue weighted by atomic mass is 32.1. The van der Waals surface area contributed by atoms with Crippen molar-refractivity contribution >= 4 is 11.3 Å². The smallest absolute Gasteiger partial charge is 0.0791 e. The standard InChI is InChI=1S/C16H19NS/c1-16(2)11-6-10-7-14(15-4-3-5-18-15)17-9-12(10)13(16)8-11/h3-5,7,9,11,13-14,17H,6,8H2,1-2H3. The van der Waals surface area contributed by atoms with Crippen LogP contribution in [0.1, 0.15) is 37.6 Å². The van der Waals surface area contributed by atoms with Gasteiger partial charge in [-0.05, 0) is 52.7 Å². The first-order valence-electron chi connectivity index (χ1n) is 6.87. The predicted octanol–water partition coefficient (Wildman–Crippen LogP) is 4.27. The molecule has 3 fully saturated rings. The molecule has 0 saturated heterocycles. The molecular weight excluding hydrogens is 238 g/mol. The lowest BCUT2D eigenvalue weighted by Gasteiger charge is -2.59. The quantitative estimate of drug-likeness (QED) is 0.792. The Labute approximate surface area is 113 Å². The summed E-state index contributed by atoms with van der Waals surface area (Å²) >= 11 is 1.84. The van der Waals surface area contributed by atoms with Gasteiger partial charge in [0.25, 0.3) is 0 Å². The van der Waals surface area contributed by atoms with Gasteiger partial charge in [-0.1, -0.05) is 26.0 Å². The highest BCUT2D eigenvalue weighted by Crippen LogP contribution is 2.63. The summed E-state index contributed by atoms with van der Waals surface area (Å²) in [6.45, 7) is 4.88. The molecule has 2 heterocycles. The van der Waals surface area contributed by atoms with Crippen LogP contribution >= 0.6 is 11.3 Å². The van der Waals surface area contributed by atoms with E-state index in [-0.39, 0.29) is 0 Å². The molecule has 0 spiro atoms. The molecule has 3 aliphatic carbocycles. The van der Waals surface area contributed by atoms with Crippen LogP contribution < -0.4 is 5.32 Å². The van der Waals surface area contributed by atoms with E-state index in [1.54, 1.807) is 11.1 Å². The van der Waals surface area contributed by atoms with E-state index in [2.05, 4.69) is 49.0 Å². The second-order valence-corrected chi connectivity index (χ2v) is 7.44. The van der Waals surface area contributed by atoms with Crippen LogP contribution in [0.3, 0.4) is 0 Å². The van der Waals surface area contributed by atoms with Crippen LogP contribution in [0.5, 0.6) is 0 Å². The average Bonchev–Trinajstić information content (AvgIpc) is 2.91. The molecule has 1 aromatic rings. The van der Waals surface area contributed by atoms with Gasteiger partial charge in [0, 0.05) is 11.1 Å². The van der Waals surface area contributed by atoms with Crippen LogP contribution in [0.4, 0.5) is 0 Å². The Morgan fingerprint density at radius 2 is 2.28 bits per heavy atom. The summed E-state index contributed by atoms with van der Waals surface area (Å²) in [7, 11) is 0. The lowest BCUT2D eigenvalue weighted by molar-refractivity contribution is -0.0123. The van der Waals surface area contributed by atoms with Crippen molar-refractivity contribution in [3.05, 3.63) is 45.8 Å². The highest BCUT2D eigenvalue weighted by molar-refractivity contribution is 7.10. The van der Waals surface area contributed by atoms with E-state index in [1.165, 1.54) is 17.7 Å². The van der Waals surface area contributed by atoms with Gasteiger partial charge in [0.1, 0.15) is 0 Å². The molecule has 0 radical (unpaired) electrons. The number of hydrogen-bond donors (Lipinski definition) is 1. The molecule has 2 bridgehead atoms. The van der Waals surface area contributed by atoms with Crippen LogP contribution in [0.25, 0.3) is 0 Å². The van der Waals surface area contributed by atoms with Gasteiger partial charge in [0.15, 0.2) is 0 Å². The second kappa shape index (κ2) is 3.51. The van der Waals surface area contributed by atoms with Gasteiger partial charge in [0.05, 0.1) is 6.04 Å². The van der Waals surface area contributed by atoms with E-state index in [0.29, 0.717) is 11.5 Å². The molecular formula is C16H19NS. The van der Waals surface area contributed by atoms with Crippen molar-refractivity contribution in [3.63, 3.8) is 0 Å². The summed E-state index contributed by atoms with van der Waals surface area (Å²) in [5.41, 5.74) is 3.74. The molecule has 5 rings (SSSR count). The highest BCUT2D eigenvalue weighted by Gasteiger charge is 2.54. The number of thiophene rings is 1. The topological polar surface area (TPSA) is 12.0 Å². The molecule has 0 amide bonds. The lowest BCUT2D eigenvalue weighted by atomic mass is 9.46. The molecule has 0 aromatic carbocycles. The maximum Gasteiger partial charge on any atom is 0.0791 e. The van der Waals surface area contributed by atoms with E-state index < -0.39 is 0 Å². The Morgan fingerprint density at radius 3 is 3.00 bits per heavy atom. The molecule has 1 aliphatic heterocycles. The third-order valence-corrected chi connectivity index (χ3v) is 6.27. The minimum absolute atomic E-state index is 0.407. The minimum Gasteiger partial charge on any atom is -0.380 e. The van der Waals surface area contributed by atoms with Gasteiger partial charge < -0.3 is 5.32 Å². The van der Waals surface area contributed by atoms with Gasteiger partial charge in [0.2, 0.25) is 0 Å². The first kappa shape index (κ1) is 10.9. The number of dihydropyridines is 1.